The molecule has 0 spiro atoms. The molecule has 1 amide bonds. The SMILES string of the molecule is CC1CC(C(=O)O)CN(C(=O)c2scnc2C2CCCC2)C1. The van der Waals surface area contributed by atoms with E-state index >= 15 is 0 Å². The van der Waals surface area contributed by atoms with Gasteiger partial charge in [-0.2, -0.15) is 0 Å². The molecule has 1 aliphatic heterocycles. The number of amides is 1. The number of hydrogen-bond donors (Lipinski definition) is 1. The fourth-order valence-electron chi connectivity index (χ4n) is 3.74. The maximum Gasteiger partial charge on any atom is 0.308 e. The monoisotopic (exact) mass is 322 g/mol. The third kappa shape index (κ3) is 3.02. The van der Waals surface area contributed by atoms with Gasteiger partial charge in [-0.3, -0.25) is 9.59 Å². The number of aromatic nitrogens is 1. The van der Waals surface area contributed by atoms with Gasteiger partial charge in [-0.25, -0.2) is 4.98 Å². The lowest BCUT2D eigenvalue weighted by atomic mass is 9.90. The van der Waals surface area contributed by atoms with Gasteiger partial charge in [0.25, 0.3) is 5.91 Å². The largest absolute Gasteiger partial charge is 0.481 e. The van der Waals surface area contributed by atoms with Crippen molar-refractivity contribution < 1.29 is 14.7 Å². The summed E-state index contributed by atoms with van der Waals surface area (Å²) < 4.78 is 0. The van der Waals surface area contributed by atoms with Gasteiger partial charge in [0.05, 0.1) is 17.1 Å². The van der Waals surface area contributed by atoms with Crippen molar-refractivity contribution in [3.05, 3.63) is 16.1 Å². The molecule has 0 radical (unpaired) electrons. The Labute approximate surface area is 134 Å². The molecule has 0 aromatic carbocycles. The maximum atomic E-state index is 12.9. The lowest BCUT2D eigenvalue weighted by Crippen LogP contribution is -2.45. The Hall–Kier alpha value is -1.43. The van der Waals surface area contributed by atoms with Crippen LogP contribution in [0.3, 0.4) is 0 Å². The van der Waals surface area contributed by atoms with E-state index in [1.807, 2.05) is 6.92 Å². The van der Waals surface area contributed by atoms with E-state index in [9.17, 15) is 14.7 Å². The van der Waals surface area contributed by atoms with Crippen molar-refractivity contribution in [1.29, 1.82) is 0 Å². The highest BCUT2D eigenvalue weighted by molar-refractivity contribution is 7.11. The van der Waals surface area contributed by atoms with E-state index in [-0.39, 0.29) is 11.8 Å². The topological polar surface area (TPSA) is 70.5 Å². The molecular formula is C16H22N2O3S. The number of rotatable bonds is 3. The summed E-state index contributed by atoms with van der Waals surface area (Å²) in [4.78, 5) is 31.0. The smallest absolute Gasteiger partial charge is 0.308 e. The fraction of sp³-hybridized carbons (Fsp3) is 0.688. The minimum absolute atomic E-state index is 0.0257. The average molecular weight is 322 g/mol. The number of hydrogen-bond acceptors (Lipinski definition) is 4. The highest BCUT2D eigenvalue weighted by Gasteiger charge is 2.34. The van der Waals surface area contributed by atoms with Crippen molar-refractivity contribution in [2.45, 2.75) is 44.9 Å². The second-order valence-electron chi connectivity index (χ2n) is 6.63. The van der Waals surface area contributed by atoms with Crippen LogP contribution in [0.5, 0.6) is 0 Å². The lowest BCUT2D eigenvalue weighted by molar-refractivity contribution is -0.143. The number of thiazole rings is 1. The van der Waals surface area contributed by atoms with Gasteiger partial charge in [-0.05, 0) is 25.2 Å². The van der Waals surface area contributed by atoms with Crippen LogP contribution in [0.15, 0.2) is 5.51 Å². The van der Waals surface area contributed by atoms with Crippen molar-refractivity contribution in [3.8, 4) is 0 Å². The second kappa shape index (κ2) is 6.36. The molecule has 3 rings (SSSR count). The second-order valence-corrected chi connectivity index (χ2v) is 7.49. The third-order valence-electron chi connectivity index (χ3n) is 4.83. The van der Waals surface area contributed by atoms with Crippen molar-refractivity contribution in [3.63, 3.8) is 0 Å². The molecule has 2 heterocycles. The van der Waals surface area contributed by atoms with Crippen LogP contribution < -0.4 is 0 Å². The van der Waals surface area contributed by atoms with Crippen LogP contribution in [0.4, 0.5) is 0 Å². The zero-order chi connectivity index (χ0) is 15.7. The molecule has 1 aromatic rings. The highest BCUT2D eigenvalue weighted by atomic mass is 32.1. The van der Waals surface area contributed by atoms with E-state index in [2.05, 4.69) is 4.98 Å². The summed E-state index contributed by atoms with van der Waals surface area (Å²) in [5.74, 6) is -0.647. The summed E-state index contributed by atoms with van der Waals surface area (Å²) in [6, 6.07) is 0. The maximum absolute atomic E-state index is 12.9. The number of carbonyl (C=O) groups is 2. The normalized spacial score (nSPS) is 26.3. The average Bonchev–Trinajstić information content (AvgIpc) is 3.16. The molecule has 2 unspecified atom stereocenters. The number of aliphatic carboxylic acids is 1. The van der Waals surface area contributed by atoms with Crippen LogP contribution >= 0.6 is 11.3 Å². The highest BCUT2D eigenvalue weighted by Crippen LogP contribution is 2.37. The summed E-state index contributed by atoms with van der Waals surface area (Å²) in [7, 11) is 0. The van der Waals surface area contributed by atoms with Gasteiger partial charge in [0, 0.05) is 19.0 Å². The minimum Gasteiger partial charge on any atom is -0.481 e. The summed E-state index contributed by atoms with van der Waals surface area (Å²) >= 11 is 1.40. The Morgan fingerprint density at radius 1 is 1.32 bits per heavy atom. The Balaban J connectivity index is 1.78. The van der Waals surface area contributed by atoms with Crippen LogP contribution in [0.2, 0.25) is 0 Å². The molecule has 2 aliphatic rings. The first-order valence-electron chi connectivity index (χ1n) is 8.01. The van der Waals surface area contributed by atoms with E-state index in [1.54, 1.807) is 10.4 Å². The molecule has 1 N–H and O–H groups in total. The van der Waals surface area contributed by atoms with E-state index in [0.29, 0.717) is 25.4 Å². The van der Waals surface area contributed by atoms with Gasteiger partial charge >= 0.3 is 5.97 Å². The molecule has 1 aromatic heterocycles. The van der Waals surface area contributed by atoms with E-state index in [0.717, 1.165) is 23.4 Å². The quantitative estimate of drug-likeness (QED) is 0.928. The van der Waals surface area contributed by atoms with Gasteiger partial charge < -0.3 is 10.0 Å². The minimum atomic E-state index is -0.801. The summed E-state index contributed by atoms with van der Waals surface area (Å²) in [6.07, 6.45) is 5.28. The van der Waals surface area contributed by atoms with Gasteiger partial charge in [-0.1, -0.05) is 19.8 Å². The zero-order valence-electron chi connectivity index (χ0n) is 12.8. The molecule has 1 aliphatic carbocycles. The number of nitrogens with zero attached hydrogens (tertiary/aromatic N) is 2. The molecule has 120 valence electrons. The van der Waals surface area contributed by atoms with Gasteiger partial charge in [0.2, 0.25) is 0 Å². The van der Waals surface area contributed by atoms with E-state index < -0.39 is 11.9 Å². The molecule has 2 atom stereocenters. The van der Waals surface area contributed by atoms with Crippen LogP contribution in [0.1, 0.15) is 60.3 Å². The molecule has 2 fully saturated rings. The van der Waals surface area contributed by atoms with Crippen LogP contribution in [0, 0.1) is 11.8 Å². The first kappa shape index (κ1) is 15.5. The number of likely N-dealkylation sites (tertiary alicyclic amines) is 1. The van der Waals surface area contributed by atoms with Crippen LogP contribution in [0.25, 0.3) is 0 Å². The predicted molar refractivity (Wildman–Crippen MR) is 84.1 cm³/mol. The summed E-state index contributed by atoms with van der Waals surface area (Å²) in [5.41, 5.74) is 2.70. The Kier molecular flexibility index (Phi) is 4.47. The van der Waals surface area contributed by atoms with Crippen molar-refractivity contribution in [2.24, 2.45) is 11.8 Å². The molecule has 22 heavy (non-hydrogen) atoms. The lowest BCUT2D eigenvalue weighted by Gasteiger charge is -2.34. The fourth-order valence-corrected chi connectivity index (χ4v) is 4.59. The summed E-state index contributed by atoms with van der Waals surface area (Å²) in [5, 5.41) is 9.27. The molecule has 6 heteroatoms. The molecule has 0 bridgehead atoms. The summed E-state index contributed by atoms with van der Waals surface area (Å²) in [6.45, 7) is 2.98. The van der Waals surface area contributed by atoms with Crippen LogP contribution in [-0.2, 0) is 4.79 Å². The first-order valence-corrected chi connectivity index (χ1v) is 8.89. The molecule has 5 nitrogen and oxygen atoms in total. The van der Waals surface area contributed by atoms with Gasteiger partial charge in [-0.15, -0.1) is 11.3 Å². The Bertz CT molecular complexity index is 565. The number of piperidine rings is 1. The standard InChI is InChI=1S/C16H22N2O3S/c1-10-6-12(16(20)21)8-18(7-10)15(19)14-13(17-9-22-14)11-4-2-3-5-11/h9-12H,2-8H2,1H3,(H,20,21). The van der Waals surface area contributed by atoms with Crippen LogP contribution in [-0.4, -0.2) is 40.0 Å². The zero-order valence-corrected chi connectivity index (χ0v) is 13.6. The molecular weight excluding hydrogens is 300 g/mol. The van der Waals surface area contributed by atoms with Gasteiger partial charge in [0.15, 0.2) is 0 Å². The third-order valence-corrected chi connectivity index (χ3v) is 5.66. The molecule has 1 saturated heterocycles. The number of carboxylic acid groups (broad SMARTS) is 1. The number of carboxylic acids is 1. The predicted octanol–water partition coefficient (Wildman–Crippen LogP) is 2.98. The van der Waals surface area contributed by atoms with Gasteiger partial charge in [0.1, 0.15) is 4.88 Å². The molecule has 1 saturated carbocycles. The Morgan fingerprint density at radius 2 is 2.05 bits per heavy atom. The van der Waals surface area contributed by atoms with Crippen molar-refractivity contribution in [1.82, 2.24) is 9.88 Å². The van der Waals surface area contributed by atoms with Crippen molar-refractivity contribution in [2.75, 3.05) is 13.1 Å². The van der Waals surface area contributed by atoms with E-state index in [4.69, 9.17) is 0 Å². The number of carbonyl (C=O) groups excluding carboxylic acids is 1. The first-order chi connectivity index (χ1) is 10.6. The van der Waals surface area contributed by atoms with E-state index in [1.165, 1.54) is 24.2 Å². The van der Waals surface area contributed by atoms with Crippen molar-refractivity contribution >= 4 is 23.2 Å². The Morgan fingerprint density at radius 3 is 2.73 bits per heavy atom.